The predicted molar refractivity (Wildman–Crippen MR) is 318 cm³/mol. The Morgan fingerprint density at radius 2 is 0.775 bits per heavy atom. The van der Waals surface area contributed by atoms with Crippen molar-refractivity contribution in [3.05, 3.63) is 215 Å². The number of hydrogen-bond acceptors (Lipinski definition) is 20. The summed E-state index contributed by atoms with van der Waals surface area (Å²) in [6, 6.07) is 57.0. The van der Waals surface area contributed by atoms with Gasteiger partial charge in [-0.05, 0) is 48.1 Å². The minimum absolute atomic E-state index is 0.0279. The molecular weight excluding hydrogens is 1150 g/mol. The highest BCUT2D eigenvalue weighted by molar-refractivity contribution is 5.20. The van der Waals surface area contributed by atoms with Gasteiger partial charge in [0, 0.05) is 19.3 Å². The van der Waals surface area contributed by atoms with Crippen LogP contribution in [0, 0.1) is 0 Å². The Morgan fingerprint density at radius 3 is 1.33 bits per heavy atom. The van der Waals surface area contributed by atoms with Crippen LogP contribution in [0.2, 0.25) is 0 Å². The van der Waals surface area contributed by atoms with E-state index in [2.05, 4.69) is 0 Å². The minimum Gasteiger partial charge on any atom is -0.388 e. The average molecular weight is 1230 g/mol. The highest BCUT2D eigenvalue weighted by Crippen LogP contribution is 2.43. The second-order valence-electron chi connectivity index (χ2n) is 23.1. The Labute approximate surface area is 518 Å². The maximum Gasteiger partial charge on any atom is 0.187 e. The molecule has 0 aliphatic carbocycles. The zero-order valence-electron chi connectivity index (χ0n) is 50.0. The lowest BCUT2D eigenvalue weighted by Crippen LogP contribution is -2.70. The summed E-state index contributed by atoms with van der Waals surface area (Å²) in [6.45, 7) is 4.06. The quantitative estimate of drug-likeness (QED) is 0.0360. The fourth-order valence-corrected chi connectivity index (χ4v) is 11.9. The van der Waals surface area contributed by atoms with Gasteiger partial charge in [0.15, 0.2) is 31.5 Å². The Hall–Kier alpha value is -5.48. The Bertz CT molecular complexity index is 2980. The van der Waals surface area contributed by atoms with E-state index in [-0.39, 0.29) is 52.7 Å². The zero-order valence-corrected chi connectivity index (χ0v) is 50.0. The predicted octanol–water partition coefficient (Wildman–Crippen LogP) is 6.60. The third-order valence-corrected chi connectivity index (χ3v) is 16.7. The molecule has 6 aromatic rings. The van der Waals surface area contributed by atoms with Gasteiger partial charge in [-0.15, -0.1) is 0 Å². The summed E-state index contributed by atoms with van der Waals surface area (Å²) >= 11 is 0. The van der Waals surface area contributed by atoms with Crippen molar-refractivity contribution in [2.24, 2.45) is 0 Å². The van der Waals surface area contributed by atoms with Crippen LogP contribution in [0.25, 0.3) is 0 Å². The van der Waals surface area contributed by atoms with Gasteiger partial charge in [0.25, 0.3) is 0 Å². The van der Waals surface area contributed by atoms with Crippen LogP contribution in [0.15, 0.2) is 182 Å². The molecule has 0 bridgehead atoms. The molecular formula is C69H82O20. The monoisotopic (exact) mass is 1230 g/mol. The maximum atomic E-state index is 13.0. The first-order valence-corrected chi connectivity index (χ1v) is 30.6. The first-order valence-electron chi connectivity index (χ1n) is 30.6. The lowest BCUT2D eigenvalue weighted by molar-refractivity contribution is -0.424. The second kappa shape index (κ2) is 31.7. The topological polar surface area (TPSA) is 240 Å². The number of benzene rings is 6. The zero-order chi connectivity index (χ0) is 61.6. The molecule has 5 saturated heterocycles. The Morgan fingerprint density at radius 1 is 0.348 bits per heavy atom. The van der Waals surface area contributed by atoms with Crippen LogP contribution in [0.5, 0.6) is 0 Å². The number of methoxy groups -OCH3 is 1. The number of fused-ring (bicyclic) bond motifs is 1. The number of rotatable bonds is 26. The molecule has 11 rings (SSSR count). The molecule has 89 heavy (non-hydrogen) atoms. The van der Waals surface area contributed by atoms with Gasteiger partial charge >= 0.3 is 0 Å². The first-order chi connectivity index (χ1) is 43.5. The highest BCUT2D eigenvalue weighted by Gasteiger charge is 2.60. The van der Waals surface area contributed by atoms with E-state index < -0.39 is 135 Å². The minimum atomic E-state index is -1.67. The summed E-state index contributed by atoms with van der Waals surface area (Å²) in [7, 11) is 1.36. The van der Waals surface area contributed by atoms with Crippen molar-refractivity contribution in [3.63, 3.8) is 0 Å². The van der Waals surface area contributed by atoms with Crippen LogP contribution < -0.4 is 0 Å². The summed E-state index contributed by atoms with van der Waals surface area (Å²) in [5, 5.41) is 60.3. The van der Waals surface area contributed by atoms with Gasteiger partial charge in [0.1, 0.15) is 85.5 Å². The summed E-state index contributed by atoms with van der Waals surface area (Å²) < 4.78 is 100.0. The van der Waals surface area contributed by atoms with E-state index in [0.29, 0.717) is 5.56 Å². The fourth-order valence-electron chi connectivity index (χ4n) is 11.9. The van der Waals surface area contributed by atoms with Crippen LogP contribution in [-0.4, -0.2) is 175 Å². The molecule has 5 N–H and O–H groups in total. The summed E-state index contributed by atoms with van der Waals surface area (Å²) in [5.74, 6) is 0. The first kappa shape index (κ1) is 65.0. The van der Waals surface area contributed by atoms with E-state index >= 15 is 0 Å². The fraction of sp³-hybridized carbons (Fsp3) is 0.478. The van der Waals surface area contributed by atoms with Gasteiger partial charge in [-0.25, -0.2) is 0 Å². The van der Waals surface area contributed by atoms with Gasteiger partial charge in [-0.2, -0.15) is 0 Å². The van der Waals surface area contributed by atoms with Gasteiger partial charge in [-0.3, -0.25) is 0 Å². The number of aliphatic hydroxyl groups is 5. The second-order valence-corrected chi connectivity index (χ2v) is 23.1. The molecule has 20 heteroatoms. The van der Waals surface area contributed by atoms with E-state index in [1.165, 1.54) is 7.11 Å². The molecule has 0 amide bonds. The van der Waals surface area contributed by atoms with Crippen molar-refractivity contribution in [3.8, 4) is 0 Å². The average Bonchev–Trinajstić information content (AvgIpc) is 0.839. The van der Waals surface area contributed by atoms with Crippen molar-refractivity contribution in [1.82, 2.24) is 0 Å². The van der Waals surface area contributed by atoms with E-state index in [4.69, 9.17) is 71.1 Å². The van der Waals surface area contributed by atoms with Crippen molar-refractivity contribution in [2.75, 3.05) is 20.3 Å². The number of aliphatic hydroxyl groups excluding tert-OH is 5. The van der Waals surface area contributed by atoms with Gasteiger partial charge in [-0.1, -0.05) is 182 Å². The third kappa shape index (κ3) is 16.4. The molecule has 0 spiro atoms. The molecule has 5 heterocycles. The van der Waals surface area contributed by atoms with Crippen LogP contribution in [0.3, 0.4) is 0 Å². The number of hydrogen-bond donors (Lipinski definition) is 5. The molecule has 6 aromatic carbocycles. The van der Waals surface area contributed by atoms with E-state index in [9.17, 15) is 25.5 Å². The lowest BCUT2D eigenvalue weighted by atomic mass is 9.92. The standard InChI is InChI=1S/C69H82O20/c1-42-57(78-38-46-26-14-6-15-27-46)53(71)56(74)67(82-42)89-62-61-59(51(41-77-37-45-24-12-5-13-25-45)84-65(88-61)49-32-20-9-21-33-49)86-69(64(62)80-40-48-30-18-8-19-31-48)87-60-52(70)50(34-35-76-36-44-22-10-4-11-23-44)83-68(63(60)79-39-47-28-16-7-17-29-47)85-58-43(2)81-66(75-3)55(73)54(58)72/h4-33,42-43,50-74H,34-41H2,1-3H3/t42-,43-,50+,51+,52+,53-,54-,55+,56+,57-,58-,59+,60-,61+,62-,63-,64-,65+,66+,67-,68-,69-/m0/s1. The number of ether oxygens (including phenoxy) is 15. The van der Waals surface area contributed by atoms with Gasteiger partial charge in [0.2, 0.25) is 0 Å². The normalized spacial score (nSPS) is 34.8. The van der Waals surface area contributed by atoms with E-state index in [1.54, 1.807) is 13.8 Å². The van der Waals surface area contributed by atoms with Crippen LogP contribution >= 0.6 is 0 Å². The lowest BCUT2D eigenvalue weighted by Gasteiger charge is -2.54. The Kier molecular flexibility index (Phi) is 23.2. The molecule has 0 aromatic heterocycles. The molecule has 5 aliphatic rings. The molecule has 22 atom stereocenters. The van der Waals surface area contributed by atoms with Crippen LogP contribution in [0.1, 0.15) is 59.9 Å². The van der Waals surface area contributed by atoms with E-state index in [0.717, 1.165) is 27.8 Å². The smallest absolute Gasteiger partial charge is 0.187 e. The summed E-state index contributed by atoms with van der Waals surface area (Å²) in [4.78, 5) is 0. The molecule has 20 nitrogen and oxygen atoms in total. The van der Waals surface area contributed by atoms with Crippen LogP contribution in [-0.2, 0) is 104 Å². The summed E-state index contributed by atoms with van der Waals surface area (Å²) in [5.41, 5.74) is 4.92. The Balaban J connectivity index is 0.983. The van der Waals surface area contributed by atoms with Crippen molar-refractivity contribution in [2.45, 2.75) is 189 Å². The highest BCUT2D eigenvalue weighted by atomic mass is 16.8. The van der Waals surface area contributed by atoms with Crippen molar-refractivity contribution in [1.29, 1.82) is 0 Å². The molecule has 5 fully saturated rings. The molecule has 5 aliphatic heterocycles. The third-order valence-electron chi connectivity index (χ3n) is 16.7. The van der Waals surface area contributed by atoms with Crippen LogP contribution in [0.4, 0.5) is 0 Å². The van der Waals surface area contributed by atoms with Crippen molar-refractivity contribution < 1.29 is 96.6 Å². The molecule has 478 valence electrons. The van der Waals surface area contributed by atoms with Gasteiger partial charge in [0.05, 0.1) is 58.0 Å². The summed E-state index contributed by atoms with van der Waals surface area (Å²) in [6.07, 6.45) is -27.8. The van der Waals surface area contributed by atoms with Gasteiger partial charge < -0.3 is 96.6 Å². The molecule has 0 radical (unpaired) electrons. The maximum absolute atomic E-state index is 13.0. The largest absolute Gasteiger partial charge is 0.388 e. The molecule has 0 saturated carbocycles. The molecule has 0 unspecified atom stereocenters. The van der Waals surface area contributed by atoms with Crippen molar-refractivity contribution >= 4 is 0 Å². The SMILES string of the molecule is CO[C@@H]1O[C@@H](C)[C@H](O[C@@H]2O[C@H](CCOCc3ccccc3)[C@@H](O)[C@H](O[C@@H]3O[C@H]4[C@@H](O[C@H](c5ccccc5)O[C@@H]4COCc4ccccc4)[C@H](O[C@@H]4O[C@@H](C)[C@H](OCc5ccccc5)[C@@H](O)[C@H]4O)[C@@H]3OCc3ccccc3)[C@@H]2OCc2ccccc2)[C@@H](O)[C@H]1O. The van der Waals surface area contributed by atoms with E-state index in [1.807, 2.05) is 182 Å².